The Morgan fingerprint density at radius 2 is 1.86 bits per heavy atom. The number of Topliss-reactive ketones (excluding diaryl/α,β-unsaturated/α-hetero) is 1. The van der Waals surface area contributed by atoms with Crippen molar-refractivity contribution in [3.05, 3.63) is 12.2 Å². The molecule has 21 heavy (non-hydrogen) atoms. The number of carbonyl (C=O) groups excluding carboxylic acids is 2. The van der Waals surface area contributed by atoms with Gasteiger partial charge in [-0.2, -0.15) is 0 Å². The molecule has 2 aliphatic carbocycles. The Labute approximate surface area is 127 Å². The van der Waals surface area contributed by atoms with E-state index in [1.807, 2.05) is 20.8 Å². The van der Waals surface area contributed by atoms with Gasteiger partial charge in [0.05, 0.1) is 6.04 Å². The van der Waals surface area contributed by atoms with Gasteiger partial charge in [0.25, 0.3) is 0 Å². The van der Waals surface area contributed by atoms with Crippen molar-refractivity contribution in [2.24, 2.45) is 17.8 Å². The van der Waals surface area contributed by atoms with Gasteiger partial charge in [-0.3, -0.25) is 4.79 Å². The topological polar surface area (TPSA) is 55.4 Å². The smallest absolute Gasteiger partial charge is 0.408 e. The maximum atomic E-state index is 12.3. The maximum Gasteiger partial charge on any atom is 0.408 e. The number of ether oxygens (including phenoxy) is 1. The standard InChI is InChI=1S/C17H27NO3/c1-10(2)15(19)14(18-16(20)21-17(3,4)5)9-13-11-7-6-8-12(11)13/h11-14H,1,6-9H2,2-5H3,(H,18,20)/t11-,12+,13-,14-/m0/s1. The van der Waals surface area contributed by atoms with Crippen LogP contribution in [0.2, 0.25) is 0 Å². The molecule has 0 unspecified atom stereocenters. The molecule has 0 radical (unpaired) electrons. The Kier molecular flexibility index (Phi) is 4.45. The monoisotopic (exact) mass is 293 g/mol. The van der Waals surface area contributed by atoms with Gasteiger partial charge in [-0.05, 0) is 70.3 Å². The van der Waals surface area contributed by atoms with Crippen molar-refractivity contribution in [2.45, 2.75) is 65.0 Å². The lowest BCUT2D eigenvalue weighted by atomic mass is 9.98. The average molecular weight is 293 g/mol. The van der Waals surface area contributed by atoms with E-state index in [1.54, 1.807) is 6.92 Å². The van der Waals surface area contributed by atoms with Crippen molar-refractivity contribution in [1.29, 1.82) is 0 Å². The van der Waals surface area contributed by atoms with Crippen LogP contribution in [0.15, 0.2) is 12.2 Å². The number of carbonyl (C=O) groups is 2. The van der Waals surface area contributed by atoms with Crippen molar-refractivity contribution < 1.29 is 14.3 Å². The fourth-order valence-corrected chi connectivity index (χ4v) is 3.57. The Bertz CT molecular complexity index is 439. The van der Waals surface area contributed by atoms with E-state index in [4.69, 9.17) is 4.74 Å². The summed E-state index contributed by atoms with van der Waals surface area (Å²) in [7, 11) is 0. The maximum absolute atomic E-state index is 12.3. The van der Waals surface area contributed by atoms with E-state index >= 15 is 0 Å². The molecule has 0 saturated heterocycles. The van der Waals surface area contributed by atoms with Crippen LogP contribution >= 0.6 is 0 Å². The van der Waals surface area contributed by atoms with E-state index in [9.17, 15) is 9.59 Å². The highest BCUT2D eigenvalue weighted by atomic mass is 16.6. The van der Waals surface area contributed by atoms with Crippen LogP contribution in [0.5, 0.6) is 0 Å². The number of nitrogens with one attached hydrogen (secondary N) is 1. The largest absolute Gasteiger partial charge is 0.444 e. The highest BCUT2D eigenvalue weighted by Gasteiger charge is 2.53. The Morgan fingerprint density at radius 1 is 1.29 bits per heavy atom. The van der Waals surface area contributed by atoms with Gasteiger partial charge in [0.2, 0.25) is 0 Å². The number of hydrogen-bond donors (Lipinski definition) is 1. The molecule has 2 rings (SSSR count). The molecule has 0 spiro atoms. The first kappa shape index (κ1) is 16.1. The summed E-state index contributed by atoms with van der Waals surface area (Å²) >= 11 is 0. The molecular formula is C17H27NO3. The molecule has 1 N–H and O–H groups in total. The number of hydrogen-bond acceptors (Lipinski definition) is 3. The van der Waals surface area contributed by atoms with Gasteiger partial charge in [-0.1, -0.05) is 13.0 Å². The van der Waals surface area contributed by atoms with Crippen LogP contribution in [0.1, 0.15) is 53.4 Å². The zero-order valence-electron chi connectivity index (χ0n) is 13.6. The summed E-state index contributed by atoms with van der Waals surface area (Å²) in [6.45, 7) is 10.8. The molecule has 118 valence electrons. The molecule has 1 amide bonds. The molecule has 2 saturated carbocycles. The van der Waals surface area contributed by atoms with E-state index in [0.717, 1.165) is 18.3 Å². The third-order valence-corrected chi connectivity index (χ3v) is 4.52. The first-order chi connectivity index (χ1) is 9.69. The van der Waals surface area contributed by atoms with Gasteiger partial charge in [-0.15, -0.1) is 0 Å². The van der Waals surface area contributed by atoms with Crippen LogP contribution in [0.25, 0.3) is 0 Å². The van der Waals surface area contributed by atoms with Crippen LogP contribution < -0.4 is 5.32 Å². The molecule has 0 heterocycles. The normalized spacial score (nSPS) is 28.5. The SMILES string of the molecule is C=C(C)C(=O)[C@H](C[C@@H]1[C@@H]2CCC[C@@H]21)NC(=O)OC(C)(C)C. The zero-order valence-corrected chi connectivity index (χ0v) is 13.6. The lowest BCUT2D eigenvalue weighted by molar-refractivity contribution is -0.117. The second-order valence-corrected chi connectivity index (χ2v) is 7.50. The number of ketones is 1. The first-order valence-electron chi connectivity index (χ1n) is 7.88. The third-order valence-electron chi connectivity index (χ3n) is 4.52. The summed E-state index contributed by atoms with van der Waals surface area (Å²) in [6, 6.07) is -0.493. The summed E-state index contributed by atoms with van der Waals surface area (Å²) in [5.41, 5.74) is -0.0707. The first-order valence-corrected chi connectivity index (χ1v) is 7.88. The minimum atomic E-state index is -0.559. The predicted octanol–water partition coefficient (Wildman–Crippen LogP) is 3.46. The minimum Gasteiger partial charge on any atom is -0.444 e. The molecule has 4 atom stereocenters. The van der Waals surface area contributed by atoms with Crippen molar-refractivity contribution in [3.8, 4) is 0 Å². The molecule has 0 aromatic heterocycles. The van der Waals surface area contributed by atoms with Crippen LogP contribution in [0.3, 0.4) is 0 Å². The van der Waals surface area contributed by atoms with Crippen LogP contribution in [-0.2, 0) is 9.53 Å². The van der Waals surface area contributed by atoms with Crippen LogP contribution in [-0.4, -0.2) is 23.5 Å². The molecule has 0 aromatic rings. The molecule has 4 nitrogen and oxygen atoms in total. The van der Waals surface area contributed by atoms with Crippen LogP contribution in [0.4, 0.5) is 4.79 Å². The number of alkyl carbamates (subject to hydrolysis) is 1. The number of fused-ring (bicyclic) bond motifs is 1. The number of amides is 1. The van der Waals surface area contributed by atoms with Crippen molar-refractivity contribution >= 4 is 11.9 Å². The second kappa shape index (κ2) is 5.82. The molecule has 0 aromatic carbocycles. The fraction of sp³-hybridized carbons (Fsp3) is 0.765. The molecule has 0 bridgehead atoms. The van der Waals surface area contributed by atoms with Gasteiger partial charge in [0, 0.05) is 0 Å². The van der Waals surface area contributed by atoms with E-state index in [1.165, 1.54) is 19.3 Å². The minimum absolute atomic E-state index is 0.0779. The lowest BCUT2D eigenvalue weighted by Gasteiger charge is -2.23. The van der Waals surface area contributed by atoms with Crippen molar-refractivity contribution in [3.63, 3.8) is 0 Å². The van der Waals surface area contributed by atoms with Crippen molar-refractivity contribution in [1.82, 2.24) is 5.32 Å². The average Bonchev–Trinajstić information content (AvgIpc) is 2.78. The van der Waals surface area contributed by atoms with Gasteiger partial charge < -0.3 is 10.1 Å². The molecule has 2 fully saturated rings. The highest BCUT2D eigenvalue weighted by molar-refractivity contribution is 5.99. The van der Waals surface area contributed by atoms with Crippen LogP contribution in [0, 0.1) is 17.8 Å². The Hall–Kier alpha value is -1.32. The molecule has 2 aliphatic rings. The Balaban J connectivity index is 1.94. The van der Waals surface area contributed by atoms with Crippen molar-refractivity contribution in [2.75, 3.05) is 0 Å². The fourth-order valence-electron chi connectivity index (χ4n) is 3.57. The quantitative estimate of drug-likeness (QED) is 0.790. The summed E-state index contributed by atoms with van der Waals surface area (Å²) in [5.74, 6) is 2.05. The summed E-state index contributed by atoms with van der Waals surface area (Å²) in [6.07, 6.45) is 4.06. The van der Waals surface area contributed by atoms with E-state index < -0.39 is 17.7 Å². The lowest BCUT2D eigenvalue weighted by Crippen LogP contribution is -2.44. The van der Waals surface area contributed by atoms with Gasteiger partial charge in [0.15, 0.2) is 5.78 Å². The summed E-state index contributed by atoms with van der Waals surface area (Å²) in [4.78, 5) is 24.2. The Morgan fingerprint density at radius 3 is 2.33 bits per heavy atom. The summed E-state index contributed by atoms with van der Waals surface area (Å²) < 4.78 is 5.26. The van der Waals surface area contributed by atoms with Gasteiger partial charge in [0.1, 0.15) is 5.60 Å². The van der Waals surface area contributed by atoms with E-state index in [2.05, 4.69) is 11.9 Å². The highest BCUT2D eigenvalue weighted by Crippen LogP contribution is 2.59. The third kappa shape index (κ3) is 4.08. The molecule has 4 heteroatoms. The predicted molar refractivity (Wildman–Crippen MR) is 81.9 cm³/mol. The zero-order chi connectivity index (χ0) is 15.8. The summed E-state index contributed by atoms with van der Waals surface area (Å²) in [5, 5.41) is 2.74. The van der Waals surface area contributed by atoms with E-state index in [0.29, 0.717) is 11.5 Å². The number of rotatable bonds is 5. The second-order valence-electron chi connectivity index (χ2n) is 7.50. The molecule has 0 aliphatic heterocycles. The molecular weight excluding hydrogens is 266 g/mol. The van der Waals surface area contributed by atoms with Gasteiger partial charge in [-0.25, -0.2) is 4.79 Å². The van der Waals surface area contributed by atoms with Gasteiger partial charge >= 0.3 is 6.09 Å². The van der Waals surface area contributed by atoms with E-state index in [-0.39, 0.29) is 5.78 Å².